The monoisotopic (exact) mass is 243 g/mol. The van der Waals surface area contributed by atoms with E-state index in [1.165, 1.54) is 30.5 Å². The SMILES string of the molecule is O=C(C=C(O)c1cccnc1)c1ccc(F)cc1. The number of benzene rings is 1. The molecule has 1 N–H and O–H groups in total. The summed E-state index contributed by atoms with van der Waals surface area (Å²) in [6.07, 6.45) is 4.10. The van der Waals surface area contributed by atoms with Gasteiger partial charge in [0.25, 0.3) is 0 Å². The zero-order chi connectivity index (χ0) is 13.0. The Kier molecular flexibility index (Phi) is 3.48. The lowest BCUT2D eigenvalue weighted by molar-refractivity contribution is 0.104. The molecule has 2 rings (SSSR count). The van der Waals surface area contributed by atoms with Gasteiger partial charge in [-0.1, -0.05) is 0 Å². The summed E-state index contributed by atoms with van der Waals surface area (Å²) in [7, 11) is 0. The second-order valence-corrected chi connectivity index (χ2v) is 3.64. The smallest absolute Gasteiger partial charge is 0.189 e. The van der Waals surface area contributed by atoms with Gasteiger partial charge in [0.1, 0.15) is 11.6 Å². The Bertz CT molecular complexity index is 577. The third-order valence-corrected chi connectivity index (χ3v) is 2.35. The van der Waals surface area contributed by atoms with Gasteiger partial charge in [0.15, 0.2) is 5.78 Å². The van der Waals surface area contributed by atoms with Gasteiger partial charge in [-0.25, -0.2) is 4.39 Å². The zero-order valence-electron chi connectivity index (χ0n) is 9.38. The number of aliphatic hydroxyl groups excluding tert-OH is 1. The van der Waals surface area contributed by atoms with E-state index in [9.17, 15) is 14.3 Å². The Morgan fingerprint density at radius 2 is 1.89 bits per heavy atom. The molecule has 1 aromatic heterocycles. The minimum atomic E-state index is -0.410. The van der Waals surface area contributed by atoms with Gasteiger partial charge in [0, 0.05) is 29.6 Å². The first-order valence-corrected chi connectivity index (χ1v) is 5.28. The van der Waals surface area contributed by atoms with E-state index >= 15 is 0 Å². The van der Waals surface area contributed by atoms with Gasteiger partial charge in [-0.05, 0) is 36.4 Å². The van der Waals surface area contributed by atoms with Crippen LogP contribution in [0.5, 0.6) is 0 Å². The summed E-state index contributed by atoms with van der Waals surface area (Å²) in [5.74, 6) is -0.971. The summed E-state index contributed by atoms with van der Waals surface area (Å²) in [6, 6.07) is 8.41. The van der Waals surface area contributed by atoms with Gasteiger partial charge >= 0.3 is 0 Å². The molecule has 90 valence electrons. The number of aromatic nitrogens is 1. The lowest BCUT2D eigenvalue weighted by Gasteiger charge is -1.99. The van der Waals surface area contributed by atoms with Gasteiger partial charge in [0.2, 0.25) is 0 Å². The van der Waals surface area contributed by atoms with Crippen LogP contribution < -0.4 is 0 Å². The van der Waals surface area contributed by atoms with Crippen LogP contribution >= 0.6 is 0 Å². The molecule has 0 unspecified atom stereocenters. The highest BCUT2D eigenvalue weighted by atomic mass is 19.1. The first kappa shape index (κ1) is 12.0. The Balaban J connectivity index is 2.23. The topological polar surface area (TPSA) is 50.2 Å². The highest BCUT2D eigenvalue weighted by Gasteiger charge is 2.06. The van der Waals surface area contributed by atoms with E-state index in [1.807, 2.05) is 0 Å². The van der Waals surface area contributed by atoms with Crippen molar-refractivity contribution in [2.24, 2.45) is 0 Å². The molecule has 0 saturated carbocycles. The molecule has 0 aliphatic rings. The molecule has 1 aromatic carbocycles. The predicted molar refractivity (Wildman–Crippen MR) is 65.6 cm³/mol. The molecule has 0 aliphatic carbocycles. The number of hydrogen-bond donors (Lipinski definition) is 1. The number of aliphatic hydroxyl groups is 1. The largest absolute Gasteiger partial charge is 0.507 e. The number of halogens is 1. The maximum Gasteiger partial charge on any atom is 0.189 e. The van der Waals surface area contributed by atoms with E-state index in [-0.39, 0.29) is 5.76 Å². The summed E-state index contributed by atoms with van der Waals surface area (Å²) in [6.45, 7) is 0. The summed E-state index contributed by atoms with van der Waals surface area (Å²) < 4.78 is 12.7. The van der Waals surface area contributed by atoms with Gasteiger partial charge < -0.3 is 5.11 Å². The average Bonchev–Trinajstić information content (AvgIpc) is 2.40. The Morgan fingerprint density at radius 1 is 1.17 bits per heavy atom. The minimum Gasteiger partial charge on any atom is -0.507 e. The standard InChI is InChI=1S/C14H10FNO2/c15-12-5-3-10(4-6-12)13(17)8-14(18)11-2-1-7-16-9-11/h1-9,18H. The number of hydrogen-bond acceptors (Lipinski definition) is 3. The Hall–Kier alpha value is -2.49. The lowest BCUT2D eigenvalue weighted by atomic mass is 10.1. The fraction of sp³-hybridized carbons (Fsp3) is 0. The molecule has 0 aliphatic heterocycles. The number of carbonyl (C=O) groups is 1. The van der Waals surface area contributed by atoms with Crippen molar-refractivity contribution < 1.29 is 14.3 Å². The normalized spacial score (nSPS) is 11.3. The summed E-state index contributed by atoms with van der Waals surface area (Å²) in [5.41, 5.74) is 0.764. The van der Waals surface area contributed by atoms with Crippen LogP contribution in [0.3, 0.4) is 0 Å². The first-order chi connectivity index (χ1) is 8.66. The maximum absolute atomic E-state index is 12.7. The molecule has 4 heteroatoms. The summed E-state index contributed by atoms with van der Waals surface area (Å²) in [4.78, 5) is 15.6. The molecule has 18 heavy (non-hydrogen) atoms. The number of pyridine rings is 1. The third-order valence-electron chi connectivity index (χ3n) is 2.35. The third kappa shape index (κ3) is 2.79. The average molecular weight is 243 g/mol. The van der Waals surface area contributed by atoms with E-state index < -0.39 is 11.6 Å². The number of nitrogens with zero attached hydrogens (tertiary/aromatic N) is 1. The Morgan fingerprint density at radius 3 is 2.50 bits per heavy atom. The molecule has 0 amide bonds. The highest BCUT2D eigenvalue weighted by Crippen LogP contribution is 2.11. The van der Waals surface area contributed by atoms with Gasteiger partial charge in [0.05, 0.1) is 0 Å². The molecule has 1 heterocycles. The van der Waals surface area contributed by atoms with E-state index in [1.54, 1.807) is 18.3 Å². The van der Waals surface area contributed by atoms with E-state index in [2.05, 4.69) is 4.98 Å². The van der Waals surface area contributed by atoms with Crippen molar-refractivity contribution in [1.29, 1.82) is 0 Å². The van der Waals surface area contributed by atoms with Gasteiger partial charge in [-0.3, -0.25) is 9.78 Å². The molecule has 2 aromatic rings. The van der Waals surface area contributed by atoms with Crippen LogP contribution in [0.15, 0.2) is 54.9 Å². The molecular weight excluding hydrogens is 233 g/mol. The molecule has 0 saturated heterocycles. The van der Waals surface area contributed by atoms with Crippen molar-refractivity contribution in [3.05, 3.63) is 71.8 Å². The van der Waals surface area contributed by atoms with Gasteiger partial charge in [-0.15, -0.1) is 0 Å². The van der Waals surface area contributed by atoms with Crippen molar-refractivity contribution in [3.63, 3.8) is 0 Å². The zero-order valence-corrected chi connectivity index (χ0v) is 9.38. The molecule has 0 spiro atoms. The van der Waals surface area contributed by atoms with E-state index in [0.717, 1.165) is 6.08 Å². The van der Waals surface area contributed by atoms with Crippen LogP contribution in [0, 0.1) is 5.82 Å². The van der Waals surface area contributed by atoms with Crippen molar-refractivity contribution in [2.75, 3.05) is 0 Å². The molecule has 0 bridgehead atoms. The van der Waals surface area contributed by atoms with Crippen molar-refractivity contribution >= 4 is 11.5 Å². The predicted octanol–water partition coefficient (Wildman–Crippen LogP) is 3.00. The van der Waals surface area contributed by atoms with Crippen LogP contribution in [-0.2, 0) is 0 Å². The van der Waals surface area contributed by atoms with Crippen LogP contribution in [0.4, 0.5) is 4.39 Å². The quantitative estimate of drug-likeness (QED) is 0.512. The number of ketones is 1. The van der Waals surface area contributed by atoms with E-state index in [4.69, 9.17) is 0 Å². The first-order valence-electron chi connectivity index (χ1n) is 5.28. The molecular formula is C14H10FNO2. The van der Waals surface area contributed by atoms with Crippen molar-refractivity contribution in [3.8, 4) is 0 Å². The molecule has 0 radical (unpaired) electrons. The number of rotatable bonds is 3. The Labute approximate surface area is 103 Å². The fourth-order valence-corrected chi connectivity index (χ4v) is 1.42. The second kappa shape index (κ2) is 5.23. The lowest BCUT2D eigenvalue weighted by Crippen LogP contribution is -1.96. The van der Waals surface area contributed by atoms with E-state index in [0.29, 0.717) is 11.1 Å². The van der Waals surface area contributed by atoms with Crippen LogP contribution in [-0.4, -0.2) is 15.9 Å². The maximum atomic E-state index is 12.7. The van der Waals surface area contributed by atoms with Crippen molar-refractivity contribution in [2.45, 2.75) is 0 Å². The molecule has 0 fully saturated rings. The van der Waals surface area contributed by atoms with Crippen LogP contribution in [0.2, 0.25) is 0 Å². The van der Waals surface area contributed by atoms with Crippen LogP contribution in [0.1, 0.15) is 15.9 Å². The minimum absolute atomic E-state index is 0.169. The second-order valence-electron chi connectivity index (χ2n) is 3.64. The van der Waals surface area contributed by atoms with Crippen molar-refractivity contribution in [1.82, 2.24) is 4.98 Å². The fourth-order valence-electron chi connectivity index (χ4n) is 1.42. The summed E-state index contributed by atoms with van der Waals surface area (Å²) in [5, 5.41) is 9.73. The van der Waals surface area contributed by atoms with Gasteiger partial charge in [-0.2, -0.15) is 0 Å². The number of carbonyl (C=O) groups excluding carboxylic acids is 1. The molecule has 3 nitrogen and oxygen atoms in total. The number of allylic oxidation sites excluding steroid dienone is 1. The summed E-state index contributed by atoms with van der Waals surface area (Å²) >= 11 is 0. The van der Waals surface area contributed by atoms with Crippen LogP contribution in [0.25, 0.3) is 5.76 Å². The highest BCUT2D eigenvalue weighted by molar-refractivity contribution is 6.07. The molecule has 0 atom stereocenters.